The molecule has 1 aromatic rings. The summed E-state index contributed by atoms with van der Waals surface area (Å²) in [5.41, 5.74) is 2.85. The molecule has 0 amide bonds. The van der Waals surface area contributed by atoms with Crippen LogP contribution in [0.3, 0.4) is 0 Å². The summed E-state index contributed by atoms with van der Waals surface area (Å²) in [6, 6.07) is 9.76. The van der Waals surface area contributed by atoms with Crippen LogP contribution >= 0.6 is 0 Å². The fourth-order valence-corrected chi connectivity index (χ4v) is 2.52. The number of rotatable bonds is 6. The molecule has 2 nitrogen and oxygen atoms in total. The van der Waals surface area contributed by atoms with Crippen LogP contribution in [0, 0.1) is 0 Å². The summed E-state index contributed by atoms with van der Waals surface area (Å²) in [6.45, 7) is 7.80. The molecule has 0 spiro atoms. The van der Waals surface area contributed by atoms with Crippen LogP contribution in [0.1, 0.15) is 50.2 Å². The van der Waals surface area contributed by atoms with E-state index in [0.717, 1.165) is 13.1 Å². The zero-order valence-electron chi connectivity index (χ0n) is 11.7. The van der Waals surface area contributed by atoms with Gasteiger partial charge in [-0.1, -0.05) is 38.1 Å². The van der Waals surface area contributed by atoms with Gasteiger partial charge in [0.25, 0.3) is 0 Å². The van der Waals surface area contributed by atoms with Crippen molar-refractivity contribution in [1.29, 1.82) is 0 Å². The van der Waals surface area contributed by atoms with Gasteiger partial charge in [0, 0.05) is 19.1 Å². The molecule has 0 radical (unpaired) electrons. The normalized spacial score (nSPS) is 21.1. The highest BCUT2D eigenvalue weighted by Gasteiger charge is 2.12. The highest BCUT2D eigenvalue weighted by Crippen LogP contribution is 2.18. The maximum absolute atomic E-state index is 3.54. The maximum Gasteiger partial charge on any atom is 0.0206 e. The van der Waals surface area contributed by atoms with E-state index in [4.69, 9.17) is 0 Å². The van der Waals surface area contributed by atoms with Crippen LogP contribution in [0.15, 0.2) is 24.3 Å². The van der Waals surface area contributed by atoms with E-state index in [1.165, 1.54) is 36.9 Å². The molecule has 1 saturated heterocycles. The van der Waals surface area contributed by atoms with Gasteiger partial charge in [0.1, 0.15) is 0 Å². The Hall–Kier alpha value is -0.860. The molecule has 2 N–H and O–H groups in total. The second-order valence-corrected chi connectivity index (χ2v) is 5.48. The minimum absolute atomic E-state index is 0.676. The Labute approximate surface area is 111 Å². The minimum Gasteiger partial charge on any atom is -0.313 e. The molecule has 1 aromatic carbocycles. The van der Waals surface area contributed by atoms with E-state index < -0.39 is 0 Å². The molecular formula is C16H26N2. The van der Waals surface area contributed by atoms with E-state index in [2.05, 4.69) is 48.7 Å². The Kier molecular flexibility index (Phi) is 5.21. The summed E-state index contributed by atoms with van der Waals surface area (Å²) in [5, 5.41) is 7.06. The van der Waals surface area contributed by atoms with Crippen molar-refractivity contribution in [3.05, 3.63) is 35.4 Å². The van der Waals surface area contributed by atoms with Gasteiger partial charge in [-0.25, -0.2) is 0 Å². The first-order valence-electron chi connectivity index (χ1n) is 7.32. The predicted molar refractivity (Wildman–Crippen MR) is 77.9 cm³/mol. The lowest BCUT2D eigenvalue weighted by Crippen LogP contribution is -2.33. The van der Waals surface area contributed by atoms with Gasteiger partial charge in [-0.05, 0) is 42.9 Å². The van der Waals surface area contributed by atoms with Gasteiger partial charge in [0.05, 0.1) is 0 Å². The van der Waals surface area contributed by atoms with Crippen LogP contribution in [-0.4, -0.2) is 19.1 Å². The van der Waals surface area contributed by atoms with Gasteiger partial charge in [0.2, 0.25) is 0 Å². The van der Waals surface area contributed by atoms with E-state index in [-0.39, 0.29) is 0 Å². The molecule has 2 rings (SSSR count). The van der Waals surface area contributed by atoms with Gasteiger partial charge in [-0.2, -0.15) is 0 Å². The van der Waals surface area contributed by atoms with Crippen molar-refractivity contribution in [2.45, 2.75) is 51.6 Å². The third-order valence-electron chi connectivity index (χ3n) is 4.04. The Morgan fingerprint density at radius 1 is 1.33 bits per heavy atom. The standard InChI is InChI=1S/C16H26N2/c1-3-13(2)15-8-6-14(7-9-15)11-17-12-16-5-4-10-18-16/h6-9,13,16-18H,3-5,10-12H2,1-2H3. The molecule has 1 aliphatic heterocycles. The Bertz CT molecular complexity index is 339. The molecule has 1 fully saturated rings. The van der Waals surface area contributed by atoms with Crippen LogP contribution in [0.5, 0.6) is 0 Å². The van der Waals surface area contributed by atoms with Gasteiger partial charge in [-0.3, -0.25) is 0 Å². The topological polar surface area (TPSA) is 24.1 Å². The highest BCUT2D eigenvalue weighted by molar-refractivity contribution is 5.24. The molecule has 1 heterocycles. The summed E-state index contributed by atoms with van der Waals surface area (Å²) in [6.07, 6.45) is 3.86. The maximum atomic E-state index is 3.54. The van der Waals surface area contributed by atoms with Gasteiger partial charge in [0.15, 0.2) is 0 Å². The third-order valence-corrected chi connectivity index (χ3v) is 4.04. The SMILES string of the molecule is CCC(C)c1ccc(CNCC2CCCN2)cc1. The van der Waals surface area contributed by atoms with Crippen molar-refractivity contribution >= 4 is 0 Å². The van der Waals surface area contributed by atoms with Crippen molar-refractivity contribution < 1.29 is 0 Å². The number of hydrogen-bond acceptors (Lipinski definition) is 2. The van der Waals surface area contributed by atoms with E-state index in [1.807, 2.05) is 0 Å². The molecule has 0 aromatic heterocycles. The lowest BCUT2D eigenvalue weighted by molar-refractivity contribution is 0.535. The van der Waals surface area contributed by atoms with Gasteiger partial charge < -0.3 is 10.6 Å². The summed E-state index contributed by atoms with van der Waals surface area (Å²) in [7, 11) is 0. The average molecular weight is 246 g/mol. The molecule has 100 valence electrons. The minimum atomic E-state index is 0.676. The van der Waals surface area contributed by atoms with E-state index in [9.17, 15) is 0 Å². The summed E-state index contributed by atoms with van der Waals surface area (Å²) in [5.74, 6) is 0.676. The van der Waals surface area contributed by atoms with Crippen molar-refractivity contribution in [2.24, 2.45) is 0 Å². The van der Waals surface area contributed by atoms with Gasteiger partial charge in [-0.15, -0.1) is 0 Å². The smallest absolute Gasteiger partial charge is 0.0206 e. The highest BCUT2D eigenvalue weighted by atomic mass is 15.0. The van der Waals surface area contributed by atoms with Crippen LogP contribution in [0.4, 0.5) is 0 Å². The van der Waals surface area contributed by atoms with Crippen LogP contribution in [0.2, 0.25) is 0 Å². The molecule has 0 bridgehead atoms. The van der Waals surface area contributed by atoms with Crippen LogP contribution in [-0.2, 0) is 6.54 Å². The molecule has 0 aliphatic carbocycles. The quantitative estimate of drug-likeness (QED) is 0.806. The van der Waals surface area contributed by atoms with E-state index in [1.54, 1.807) is 0 Å². The Morgan fingerprint density at radius 3 is 2.72 bits per heavy atom. The van der Waals surface area contributed by atoms with Crippen molar-refractivity contribution in [3.63, 3.8) is 0 Å². The molecule has 1 aliphatic rings. The van der Waals surface area contributed by atoms with Crippen LogP contribution in [0.25, 0.3) is 0 Å². The number of benzene rings is 1. The first kappa shape index (κ1) is 13.6. The third kappa shape index (κ3) is 3.82. The number of nitrogens with one attached hydrogen (secondary N) is 2. The second kappa shape index (κ2) is 6.91. The van der Waals surface area contributed by atoms with Crippen LogP contribution < -0.4 is 10.6 Å². The zero-order valence-corrected chi connectivity index (χ0v) is 11.7. The first-order valence-corrected chi connectivity index (χ1v) is 7.32. The van der Waals surface area contributed by atoms with Crippen molar-refractivity contribution in [1.82, 2.24) is 10.6 Å². The first-order chi connectivity index (χ1) is 8.79. The molecule has 2 unspecified atom stereocenters. The van der Waals surface area contributed by atoms with Crippen molar-refractivity contribution in [3.8, 4) is 0 Å². The molecule has 2 atom stereocenters. The fourth-order valence-electron chi connectivity index (χ4n) is 2.52. The monoisotopic (exact) mass is 246 g/mol. The second-order valence-electron chi connectivity index (χ2n) is 5.48. The average Bonchev–Trinajstić information content (AvgIpc) is 2.92. The Morgan fingerprint density at radius 2 is 2.11 bits per heavy atom. The summed E-state index contributed by atoms with van der Waals surface area (Å²) < 4.78 is 0. The molecular weight excluding hydrogens is 220 g/mol. The van der Waals surface area contributed by atoms with Crippen molar-refractivity contribution in [2.75, 3.05) is 13.1 Å². The lowest BCUT2D eigenvalue weighted by atomic mass is 9.98. The molecule has 2 heteroatoms. The van der Waals surface area contributed by atoms with E-state index >= 15 is 0 Å². The summed E-state index contributed by atoms with van der Waals surface area (Å²) in [4.78, 5) is 0. The number of hydrogen-bond donors (Lipinski definition) is 2. The molecule has 0 saturated carbocycles. The van der Waals surface area contributed by atoms with E-state index in [0.29, 0.717) is 12.0 Å². The van der Waals surface area contributed by atoms with Gasteiger partial charge >= 0.3 is 0 Å². The summed E-state index contributed by atoms with van der Waals surface area (Å²) >= 11 is 0. The largest absolute Gasteiger partial charge is 0.313 e. The zero-order chi connectivity index (χ0) is 12.8. The predicted octanol–water partition coefficient (Wildman–Crippen LogP) is 3.04. The Balaban J connectivity index is 1.75. The molecule has 18 heavy (non-hydrogen) atoms. The fraction of sp³-hybridized carbons (Fsp3) is 0.625. The lowest BCUT2D eigenvalue weighted by Gasteiger charge is -2.12.